The lowest BCUT2D eigenvalue weighted by atomic mass is 10.1. The van der Waals surface area contributed by atoms with E-state index in [1.807, 2.05) is 18.2 Å². The van der Waals surface area contributed by atoms with Gasteiger partial charge in [-0.05, 0) is 37.4 Å². The highest BCUT2D eigenvalue weighted by Gasteiger charge is 2.23. The molecule has 5 heteroatoms. The van der Waals surface area contributed by atoms with Crippen molar-refractivity contribution in [3.8, 4) is 5.75 Å². The van der Waals surface area contributed by atoms with Gasteiger partial charge in [0.2, 0.25) is 5.91 Å². The zero-order valence-corrected chi connectivity index (χ0v) is 11.8. The van der Waals surface area contributed by atoms with Crippen LogP contribution in [-0.2, 0) is 4.79 Å². The number of amides is 1. The first kappa shape index (κ1) is 14.8. The monoisotopic (exact) mass is 278 g/mol. The maximum absolute atomic E-state index is 12.0. The van der Waals surface area contributed by atoms with E-state index in [9.17, 15) is 4.79 Å². The molecule has 2 N–H and O–H groups in total. The van der Waals surface area contributed by atoms with Crippen molar-refractivity contribution < 1.29 is 14.6 Å². The van der Waals surface area contributed by atoms with Gasteiger partial charge in [-0.3, -0.25) is 9.69 Å². The van der Waals surface area contributed by atoms with E-state index in [2.05, 4.69) is 10.2 Å². The van der Waals surface area contributed by atoms with Crippen LogP contribution in [0.25, 0.3) is 0 Å². The van der Waals surface area contributed by atoms with Crippen LogP contribution in [0, 0.1) is 5.92 Å². The Morgan fingerprint density at radius 1 is 1.55 bits per heavy atom. The second kappa shape index (κ2) is 7.26. The number of ether oxygens (including phenoxy) is 1. The van der Waals surface area contributed by atoms with Crippen LogP contribution in [0.1, 0.15) is 12.8 Å². The number of carbonyl (C=O) groups excluding carboxylic acids is 1. The van der Waals surface area contributed by atoms with Crippen molar-refractivity contribution in [2.45, 2.75) is 12.8 Å². The Morgan fingerprint density at radius 2 is 2.40 bits per heavy atom. The van der Waals surface area contributed by atoms with Gasteiger partial charge in [-0.1, -0.05) is 6.07 Å². The molecule has 2 rings (SSSR count). The number of nitrogens with one attached hydrogen (secondary N) is 1. The largest absolute Gasteiger partial charge is 0.497 e. The third-order valence-electron chi connectivity index (χ3n) is 3.63. The molecule has 0 saturated carbocycles. The van der Waals surface area contributed by atoms with Crippen LogP contribution in [0.2, 0.25) is 0 Å². The number of anilines is 1. The molecule has 1 aromatic rings. The summed E-state index contributed by atoms with van der Waals surface area (Å²) in [7, 11) is 1.60. The van der Waals surface area contributed by atoms with E-state index in [0.29, 0.717) is 12.5 Å². The fraction of sp³-hybridized carbons (Fsp3) is 0.533. The lowest BCUT2D eigenvalue weighted by Gasteiger charge is -2.15. The Morgan fingerprint density at radius 3 is 3.15 bits per heavy atom. The van der Waals surface area contributed by atoms with Gasteiger partial charge in [-0.15, -0.1) is 0 Å². The Hall–Kier alpha value is -1.59. The Balaban J connectivity index is 1.80. The van der Waals surface area contributed by atoms with E-state index in [0.717, 1.165) is 37.4 Å². The Bertz CT molecular complexity index is 450. The minimum Gasteiger partial charge on any atom is -0.497 e. The highest BCUT2D eigenvalue weighted by Crippen LogP contribution is 2.19. The van der Waals surface area contributed by atoms with E-state index >= 15 is 0 Å². The number of nitrogens with zero attached hydrogens (tertiary/aromatic N) is 1. The van der Waals surface area contributed by atoms with Crippen LogP contribution in [-0.4, -0.2) is 49.3 Å². The van der Waals surface area contributed by atoms with Gasteiger partial charge >= 0.3 is 0 Å². The van der Waals surface area contributed by atoms with Gasteiger partial charge in [0.05, 0.1) is 13.7 Å². The molecule has 0 radical (unpaired) electrons. The predicted molar refractivity (Wildman–Crippen MR) is 77.9 cm³/mol. The summed E-state index contributed by atoms with van der Waals surface area (Å²) >= 11 is 0. The third kappa shape index (κ3) is 4.21. The number of rotatable bonds is 6. The highest BCUT2D eigenvalue weighted by atomic mass is 16.5. The van der Waals surface area contributed by atoms with Crippen LogP contribution in [0.3, 0.4) is 0 Å². The van der Waals surface area contributed by atoms with Crippen LogP contribution in [0.15, 0.2) is 24.3 Å². The van der Waals surface area contributed by atoms with Crippen molar-refractivity contribution in [2.75, 3.05) is 38.7 Å². The van der Waals surface area contributed by atoms with Gasteiger partial charge in [0.15, 0.2) is 0 Å². The summed E-state index contributed by atoms with van der Waals surface area (Å²) < 4.78 is 5.13. The molecular weight excluding hydrogens is 256 g/mol. The van der Waals surface area contributed by atoms with Crippen LogP contribution in [0.5, 0.6) is 5.75 Å². The van der Waals surface area contributed by atoms with Gasteiger partial charge < -0.3 is 15.2 Å². The standard InChI is InChI=1S/C15H22N2O3/c1-20-14-4-2-3-13(9-14)16-15(19)11-17-7-5-12(10-17)6-8-18/h2-4,9,12,18H,5-8,10-11H2,1H3,(H,16,19). The van der Waals surface area contributed by atoms with Crippen molar-refractivity contribution in [3.05, 3.63) is 24.3 Å². The summed E-state index contributed by atoms with van der Waals surface area (Å²) in [5.41, 5.74) is 0.750. The predicted octanol–water partition coefficient (Wildman–Crippen LogP) is 1.34. The number of likely N-dealkylation sites (tertiary alicyclic amines) is 1. The quantitative estimate of drug-likeness (QED) is 0.824. The van der Waals surface area contributed by atoms with Crippen molar-refractivity contribution >= 4 is 11.6 Å². The first-order valence-electron chi connectivity index (χ1n) is 6.98. The van der Waals surface area contributed by atoms with E-state index in [4.69, 9.17) is 9.84 Å². The first-order valence-corrected chi connectivity index (χ1v) is 6.98. The average molecular weight is 278 g/mol. The molecule has 0 spiro atoms. The van der Waals surface area contributed by atoms with Crippen molar-refractivity contribution in [3.63, 3.8) is 0 Å². The number of carbonyl (C=O) groups is 1. The van der Waals surface area contributed by atoms with E-state index < -0.39 is 0 Å². The summed E-state index contributed by atoms with van der Waals surface area (Å²) in [5.74, 6) is 1.24. The maximum atomic E-state index is 12.0. The van der Waals surface area contributed by atoms with Gasteiger partial charge in [-0.2, -0.15) is 0 Å². The Labute approximate surface area is 119 Å². The molecule has 0 bridgehead atoms. The second-order valence-electron chi connectivity index (χ2n) is 5.18. The van der Waals surface area contributed by atoms with Crippen LogP contribution in [0.4, 0.5) is 5.69 Å². The third-order valence-corrected chi connectivity index (χ3v) is 3.63. The van der Waals surface area contributed by atoms with Crippen LogP contribution >= 0.6 is 0 Å². The lowest BCUT2D eigenvalue weighted by Crippen LogP contribution is -2.31. The van der Waals surface area contributed by atoms with Crippen molar-refractivity contribution in [1.82, 2.24) is 4.90 Å². The number of hydrogen-bond donors (Lipinski definition) is 2. The average Bonchev–Trinajstić information content (AvgIpc) is 2.86. The lowest BCUT2D eigenvalue weighted by molar-refractivity contribution is -0.117. The zero-order chi connectivity index (χ0) is 14.4. The van der Waals surface area contributed by atoms with Crippen LogP contribution < -0.4 is 10.1 Å². The minimum atomic E-state index is -0.0112. The fourth-order valence-electron chi connectivity index (χ4n) is 2.58. The number of aliphatic hydroxyl groups is 1. The molecule has 1 saturated heterocycles. The summed E-state index contributed by atoms with van der Waals surface area (Å²) in [4.78, 5) is 14.1. The molecule has 1 aromatic carbocycles. The normalized spacial score (nSPS) is 19.0. The van der Waals surface area contributed by atoms with Crippen molar-refractivity contribution in [1.29, 1.82) is 0 Å². The molecule has 1 atom stereocenters. The molecule has 0 aliphatic carbocycles. The SMILES string of the molecule is COc1cccc(NC(=O)CN2CCC(CCO)C2)c1. The van der Waals surface area contributed by atoms with Gasteiger partial charge in [0, 0.05) is 24.9 Å². The molecule has 1 fully saturated rings. The fourth-order valence-corrected chi connectivity index (χ4v) is 2.58. The highest BCUT2D eigenvalue weighted by molar-refractivity contribution is 5.92. The van der Waals surface area contributed by atoms with Gasteiger partial charge in [-0.25, -0.2) is 0 Å². The number of methoxy groups -OCH3 is 1. The topological polar surface area (TPSA) is 61.8 Å². The molecule has 0 aromatic heterocycles. The van der Waals surface area contributed by atoms with E-state index in [1.165, 1.54) is 0 Å². The maximum Gasteiger partial charge on any atom is 0.238 e. The second-order valence-corrected chi connectivity index (χ2v) is 5.18. The number of hydrogen-bond acceptors (Lipinski definition) is 4. The summed E-state index contributed by atoms with van der Waals surface area (Å²) in [6, 6.07) is 7.34. The smallest absolute Gasteiger partial charge is 0.238 e. The number of aliphatic hydroxyl groups excluding tert-OH is 1. The molecule has 1 aliphatic rings. The summed E-state index contributed by atoms with van der Waals surface area (Å²) in [5, 5.41) is 11.8. The molecule has 110 valence electrons. The Kier molecular flexibility index (Phi) is 5.38. The van der Waals surface area contributed by atoms with E-state index in [-0.39, 0.29) is 12.5 Å². The molecule has 1 aliphatic heterocycles. The molecule has 1 heterocycles. The van der Waals surface area contributed by atoms with E-state index in [1.54, 1.807) is 13.2 Å². The molecule has 1 amide bonds. The van der Waals surface area contributed by atoms with Gasteiger partial charge in [0.1, 0.15) is 5.75 Å². The zero-order valence-electron chi connectivity index (χ0n) is 11.8. The van der Waals surface area contributed by atoms with Crippen molar-refractivity contribution in [2.24, 2.45) is 5.92 Å². The molecule has 20 heavy (non-hydrogen) atoms. The molecular formula is C15H22N2O3. The molecule has 1 unspecified atom stereocenters. The number of benzene rings is 1. The molecule has 5 nitrogen and oxygen atoms in total. The van der Waals surface area contributed by atoms with Gasteiger partial charge in [0.25, 0.3) is 0 Å². The first-order chi connectivity index (χ1) is 9.71. The summed E-state index contributed by atoms with van der Waals surface area (Å²) in [6.45, 7) is 2.45. The minimum absolute atomic E-state index is 0.0112. The summed E-state index contributed by atoms with van der Waals surface area (Å²) in [6.07, 6.45) is 1.89.